The quantitative estimate of drug-likeness (QED) is 0.608. The number of ether oxygens (including phenoxy) is 1. The highest BCUT2D eigenvalue weighted by atomic mass is 16.5. The van der Waals surface area contributed by atoms with Crippen LogP contribution in [0.3, 0.4) is 0 Å². The van der Waals surface area contributed by atoms with Gasteiger partial charge in [0.2, 0.25) is 11.8 Å². The second-order valence-electron chi connectivity index (χ2n) is 7.54. The molecule has 2 bridgehead atoms. The molecule has 4 atom stereocenters. The van der Waals surface area contributed by atoms with Crippen LogP contribution in [-0.2, 0) is 20.9 Å². The number of fused-ring (bicyclic) bond motifs is 2. The van der Waals surface area contributed by atoms with Crippen LogP contribution in [0.5, 0.6) is 0 Å². The van der Waals surface area contributed by atoms with Gasteiger partial charge < -0.3 is 15.0 Å². The Labute approximate surface area is 156 Å². The average molecular weight is 367 g/mol. The van der Waals surface area contributed by atoms with Gasteiger partial charge in [-0.25, -0.2) is 4.68 Å². The first-order valence-corrected chi connectivity index (χ1v) is 9.27. The Morgan fingerprint density at radius 3 is 3.15 bits per heavy atom. The molecule has 3 aliphatic heterocycles. The number of rotatable bonds is 5. The molecule has 1 aromatic heterocycles. The summed E-state index contributed by atoms with van der Waals surface area (Å²) in [6.45, 7) is 1.71. The number of carbonyl (C=O) groups is 2. The number of benzene rings is 1. The first-order valence-electron chi connectivity index (χ1n) is 9.27. The van der Waals surface area contributed by atoms with E-state index in [1.54, 1.807) is 11.9 Å². The van der Waals surface area contributed by atoms with Crippen molar-refractivity contribution in [3.63, 3.8) is 0 Å². The van der Waals surface area contributed by atoms with Crippen LogP contribution in [0.2, 0.25) is 0 Å². The Morgan fingerprint density at radius 1 is 1.41 bits per heavy atom. The number of amides is 2. The van der Waals surface area contributed by atoms with Crippen LogP contribution in [0.4, 0.5) is 0 Å². The van der Waals surface area contributed by atoms with E-state index < -0.39 is 17.4 Å². The SMILES string of the molecule is CN1CC23C=CC(O2)C(C(=O)NCCCn2nnc4ccccc42)C3C1=O. The fourth-order valence-electron chi connectivity index (χ4n) is 4.63. The van der Waals surface area contributed by atoms with Crippen LogP contribution >= 0.6 is 0 Å². The molecule has 1 aromatic carbocycles. The van der Waals surface area contributed by atoms with E-state index in [2.05, 4.69) is 15.6 Å². The number of aryl methyl sites for hydroxylation is 1. The Bertz CT molecular complexity index is 954. The van der Waals surface area contributed by atoms with Gasteiger partial charge in [-0.2, -0.15) is 0 Å². The fraction of sp³-hybridized carbons (Fsp3) is 0.474. The van der Waals surface area contributed by atoms with Crippen molar-refractivity contribution in [1.82, 2.24) is 25.2 Å². The number of nitrogens with one attached hydrogen (secondary N) is 1. The third-order valence-electron chi connectivity index (χ3n) is 5.86. The van der Waals surface area contributed by atoms with Crippen molar-refractivity contribution >= 4 is 22.8 Å². The van der Waals surface area contributed by atoms with E-state index in [4.69, 9.17) is 4.74 Å². The Morgan fingerprint density at radius 2 is 2.26 bits per heavy atom. The van der Waals surface area contributed by atoms with Crippen molar-refractivity contribution in [2.24, 2.45) is 11.8 Å². The van der Waals surface area contributed by atoms with E-state index in [1.165, 1.54) is 0 Å². The molecule has 27 heavy (non-hydrogen) atoms. The Balaban J connectivity index is 1.21. The molecule has 1 spiro atoms. The minimum Gasteiger partial charge on any atom is -0.360 e. The molecular formula is C19H21N5O3. The third-order valence-corrected chi connectivity index (χ3v) is 5.86. The summed E-state index contributed by atoms with van der Waals surface area (Å²) in [5, 5.41) is 11.3. The number of hydrogen-bond acceptors (Lipinski definition) is 5. The Hall–Kier alpha value is -2.74. The van der Waals surface area contributed by atoms with E-state index in [1.807, 2.05) is 41.1 Å². The topological polar surface area (TPSA) is 89.3 Å². The molecular weight excluding hydrogens is 346 g/mol. The predicted molar refractivity (Wildman–Crippen MR) is 96.5 cm³/mol. The molecule has 8 nitrogen and oxygen atoms in total. The van der Waals surface area contributed by atoms with Crippen molar-refractivity contribution in [3.05, 3.63) is 36.4 Å². The minimum atomic E-state index is -0.613. The molecule has 4 heterocycles. The smallest absolute Gasteiger partial charge is 0.229 e. The van der Waals surface area contributed by atoms with Crippen molar-refractivity contribution in [2.45, 2.75) is 24.7 Å². The zero-order valence-corrected chi connectivity index (χ0v) is 15.0. The molecule has 3 aliphatic rings. The maximum atomic E-state index is 12.8. The summed E-state index contributed by atoms with van der Waals surface area (Å²) in [5.41, 5.74) is 1.23. The largest absolute Gasteiger partial charge is 0.360 e. The molecule has 2 fully saturated rings. The van der Waals surface area contributed by atoms with Crippen LogP contribution < -0.4 is 5.32 Å². The van der Waals surface area contributed by atoms with Gasteiger partial charge in [-0.15, -0.1) is 5.10 Å². The number of aromatic nitrogens is 3. The number of para-hydroxylation sites is 1. The predicted octanol–water partition coefficient (Wildman–Crippen LogP) is 0.349. The van der Waals surface area contributed by atoms with Crippen molar-refractivity contribution < 1.29 is 14.3 Å². The summed E-state index contributed by atoms with van der Waals surface area (Å²) >= 11 is 0. The fourth-order valence-corrected chi connectivity index (χ4v) is 4.63. The standard InChI is InChI=1S/C19H21N5O3/c1-23-11-19-8-7-14(27-19)15(16(19)18(23)26)17(25)20-9-4-10-24-13-6-3-2-5-12(13)21-22-24/h2-3,5-8,14-16H,4,9-11H2,1H3,(H,20,25). The monoisotopic (exact) mass is 367 g/mol. The molecule has 0 radical (unpaired) electrons. The maximum absolute atomic E-state index is 12.8. The summed E-state index contributed by atoms with van der Waals surface area (Å²) in [7, 11) is 1.76. The van der Waals surface area contributed by atoms with Crippen molar-refractivity contribution in [3.8, 4) is 0 Å². The maximum Gasteiger partial charge on any atom is 0.229 e. The van der Waals surface area contributed by atoms with Gasteiger partial charge in [-0.1, -0.05) is 29.5 Å². The summed E-state index contributed by atoms with van der Waals surface area (Å²) in [6.07, 6.45) is 4.32. The van der Waals surface area contributed by atoms with Gasteiger partial charge in [0.1, 0.15) is 11.1 Å². The van der Waals surface area contributed by atoms with Gasteiger partial charge in [0.15, 0.2) is 0 Å². The van der Waals surface area contributed by atoms with E-state index in [9.17, 15) is 9.59 Å². The lowest BCUT2D eigenvalue weighted by atomic mass is 9.77. The van der Waals surface area contributed by atoms with E-state index >= 15 is 0 Å². The van der Waals surface area contributed by atoms with Gasteiger partial charge in [-0.3, -0.25) is 9.59 Å². The highest BCUT2D eigenvalue weighted by molar-refractivity contribution is 5.92. The van der Waals surface area contributed by atoms with E-state index in [-0.39, 0.29) is 17.9 Å². The van der Waals surface area contributed by atoms with Crippen molar-refractivity contribution in [2.75, 3.05) is 20.1 Å². The number of carbonyl (C=O) groups excluding carboxylic acids is 2. The van der Waals surface area contributed by atoms with Gasteiger partial charge in [0.05, 0.1) is 30.0 Å². The second-order valence-corrected chi connectivity index (χ2v) is 7.54. The molecule has 2 saturated heterocycles. The van der Waals surface area contributed by atoms with Crippen LogP contribution in [0.15, 0.2) is 36.4 Å². The number of likely N-dealkylation sites (tertiary alicyclic amines) is 1. The molecule has 1 N–H and O–H groups in total. The first kappa shape index (κ1) is 16.4. The minimum absolute atomic E-state index is 0.00362. The number of nitrogens with zero attached hydrogens (tertiary/aromatic N) is 4. The zero-order valence-electron chi connectivity index (χ0n) is 15.0. The number of likely N-dealkylation sites (N-methyl/N-ethyl adjacent to an activating group) is 1. The lowest BCUT2D eigenvalue weighted by molar-refractivity contribution is -0.136. The summed E-state index contributed by atoms with van der Waals surface area (Å²) in [6, 6.07) is 7.79. The summed E-state index contributed by atoms with van der Waals surface area (Å²) in [4.78, 5) is 26.9. The highest BCUT2D eigenvalue weighted by Crippen LogP contribution is 2.51. The van der Waals surface area contributed by atoms with Gasteiger partial charge in [0.25, 0.3) is 0 Å². The molecule has 5 rings (SSSR count). The van der Waals surface area contributed by atoms with Gasteiger partial charge >= 0.3 is 0 Å². The summed E-state index contributed by atoms with van der Waals surface area (Å²) < 4.78 is 7.86. The molecule has 140 valence electrons. The summed E-state index contributed by atoms with van der Waals surface area (Å²) in [5.74, 6) is -0.962. The average Bonchev–Trinajstić information content (AvgIpc) is 3.39. The van der Waals surface area contributed by atoms with Crippen LogP contribution in [0.1, 0.15) is 6.42 Å². The van der Waals surface area contributed by atoms with Crippen LogP contribution in [-0.4, -0.2) is 63.6 Å². The van der Waals surface area contributed by atoms with Gasteiger partial charge in [-0.05, 0) is 18.6 Å². The molecule has 0 saturated carbocycles. The van der Waals surface area contributed by atoms with Crippen LogP contribution in [0, 0.1) is 11.8 Å². The lowest BCUT2D eigenvalue weighted by Crippen LogP contribution is -2.44. The van der Waals surface area contributed by atoms with Crippen molar-refractivity contribution in [1.29, 1.82) is 0 Å². The first-order chi connectivity index (χ1) is 13.1. The molecule has 0 aliphatic carbocycles. The number of hydrogen-bond donors (Lipinski definition) is 1. The third kappa shape index (κ3) is 2.39. The van der Waals surface area contributed by atoms with Gasteiger partial charge in [0, 0.05) is 20.1 Å². The normalized spacial score (nSPS) is 31.1. The molecule has 8 heteroatoms. The zero-order chi connectivity index (χ0) is 18.6. The lowest BCUT2D eigenvalue weighted by Gasteiger charge is -2.23. The Kier molecular flexibility index (Phi) is 3.58. The molecule has 2 aromatic rings. The highest BCUT2D eigenvalue weighted by Gasteiger charge is 2.66. The molecule has 2 amide bonds. The van der Waals surface area contributed by atoms with E-state index in [0.29, 0.717) is 19.6 Å². The van der Waals surface area contributed by atoms with Crippen LogP contribution in [0.25, 0.3) is 11.0 Å². The van der Waals surface area contributed by atoms with E-state index in [0.717, 1.165) is 17.5 Å². The molecule has 4 unspecified atom stereocenters. The second kappa shape index (κ2) is 5.88.